The molecule has 0 saturated carbocycles. The van der Waals surface area contributed by atoms with Crippen LogP contribution in [0.5, 0.6) is 5.75 Å². The van der Waals surface area contributed by atoms with Gasteiger partial charge in [-0.2, -0.15) is 0 Å². The Morgan fingerprint density at radius 1 is 1.09 bits per heavy atom. The molecular formula is C25H26N2O6. The van der Waals surface area contributed by atoms with E-state index in [1.807, 2.05) is 6.92 Å². The van der Waals surface area contributed by atoms with Gasteiger partial charge in [-0.25, -0.2) is 0 Å². The number of methoxy groups -OCH3 is 2. The van der Waals surface area contributed by atoms with Gasteiger partial charge in [0, 0.05) is 31.3 Å². The molecule has 2 heterocycles. The topological polar surface area (TPSA) is 96.4 Å². The van der Waals surface area contributed by atoms with E-state index >= 15 is 0 Å². The molecular weight excluding hydrogens is 424 g/mol. The molecule has 0 unspecified atom stereocenters. The zero-order valence-electron chi connectivity index (χ0n) is 19.0. The number of hydrogen-bond donors (Lipinski definition) is 1. The number of ketones is 1. The largest absolute Gasteiger partial charge is 0.507 e. The van der Waals surface area contributed by atoms with Crippen molar-refractivity contribution in [2.75, 3.05) is 38.8 Å². The number of ether oxygens (including phenoxy) is 2. The monoisotopic (exact) mass is 450 g/mol. The maximum Gasteiger partial charge on any atom is 0.296 e. The number of carbonyl (C=O) groups excluding carboxylic acids is 3. The van der Waals surface area contributed by atoms with E-state index in [9.17, 15) is 19.5 Å². The highest BCUT2D eigenvalue weighted by Gasteiger charge is 2.66. The Kier molecular flexibility index (Phi) is 5.71. The number of benzene rings is 2. The third-order valence-corrected chi connectivity index (χ3v) is 6.31. The second kappa shape index (κ2) is 8.37. The van der Waals surface area contributed by atoms with Gasteiger partial charge in [0.25, 0.3) is 17.6 Å². The lowest BCUT2D eigenvalue weighted by atomic mass is 9.82. The molecule has 2 aliphatic rings. The molecule has 1 N–H and O–H groups in total. The lowest BCUT2D eigenvalue weighted by Gasteiger charge is -2.34. The number of hydrogen-bond acceptors (Lipinski definition) is 6. The smallest absolute Gasteiger partial charge is 0.296 e. The molecule has 0 aromatic heterocycles. The van der Waals surface area contributed by atoms with Crippen molar-refractivity contribution in [3.8, 4) is 5.75 Å². The van der Waals surface area contributed by atoms with Gasteiger partial charge >= 0.3 is 0 Å². The molecule has 0 bridgehead atoms. The maximum atomic E-state index is 14.0. The Labute approximate surface area is 192 Å². The number of para-hydroxylation sites is 1. The molecule has 2 aromatic rings. The van der Waals surface area contributed by atoms with Crippen LogP contribution in [0.4, 0.5) is 5.69 Å². The van der Waals surface area contributed by atoms with E-state index in [4.69, 9.17) is 9.47 Å². The summed E-state index contributed by atoms with van der Waals surface area (Å²) in [5.41, 5.74) is 0.138. The van der Waals surface area contributed by atoms with Crippen molar-refractivity contribution in [1.29, 1.82) is 0 Å². The summed E-state index contributed by atoms with van der Waals surface area (Å²) < 4.78 is 10.5. The highest BCUT2D eigenvalue weighted by atomic mass is 16.5. The third-order valence-electron chi connectivity index (χ3n) is 6.31. The highest BCUT2D eigenvalue weighted by Crippen LogP contribution is 2.53. The second-order valence-electron chi connectivity index (χ2n) is 7.96. The first kappa shape index (κ1) is 22.5. The van der Waals surface area contributed by atoms with E-state index in [0.29, 0.717) is 29.1 Å². The number of anilines is 1. The summed E-state index contributed by atoms with van der Waals surface area (Å²) in [6.07, 6.45) is 0. The van der Waals surface area contributed by atoms with Gasteiger partial charge in [-0.05, 0) is 43.7 Å². The quantitative estimate of drug-likeness (QED) is 0.413. The lowest BCUT2D eigenvalue weighted by Crippen LogP contribution is -2.52. The molecule has 33 heavy (non-hydrogen) atoms. The van der Waals surface area contributed by atoms with Gasteiger partial charge in [0.1, 0.15) is 11.5 Å². The van der Waals surface area contributed by atoms with Crippen molar-refractivity contribution < 1.29 is 29.0 Å². The van der Waals surface area contributed by atoms with Crippen LogP contribution in [0.15, 0.2) is 48.0 Å². The van der Waals surface area contributed by atoms with Crippen molar-refractivity contribution >= 4 is 29.0 Å². The second-order valence-corrected chi connectivity index (χ2v) is 7.96. The molecule has 1 spiro atoms. The van der Waals surface area contributed by atoms with E-state index in [-0.39, 0.29) is 18.7 Å². The van der Waals surface area contributed by atoms with Gasteiger partial charge in [-0.15, -0.1) is 0 Å². The maximum absolute atomic E-state index is 14.0. The number of likely N-dealkylation sites (N-methyl/N-ethyl adjacent to an activating group) is 1. The number of aliphatic hydroxyl groups is 1. The van der Waals surface area contributed by atoms with Crippen molar-refractivity contribution in [3.63, 3.8) is 0 Å². The molecule has 8 nitrogen and oxygen atoms in total. The number of aliphatic hydroxyl groups excluding tert-OH is 1. The molecule has 2 aliphatic heterocycles. The third kappa shape index (κ3) is 3.05. The summed E-state index contributed by atoms with van der Waals surface area (Å²) >= 11 is 0. The Bertz CT molecular complexity index is 1190. The van der Waals surface area contributed by atoms with E-state index in [2.05, 4.69) is 0 Å². The van der Waals surface area contributed by atoms with Crippen LogP contribution in [0, 0.1) is 6.92 Å². The number of aryl methyl sites for hydroxylation is 1. The SMILES string of the molecule is CCN1C(=O)[C@@]2(C(=C(O)c3ccc(OC)c(C)c3)C(=O)C(=O)N2CCOC)c2ccccc21. The summed E-state index contributed by atoms with van der Waals surface area (Å²) in [5, 5.41) is 11.4. The van der Waals surface area contributed by atoms with Crippen LogP contribution >= 0.6 is 0 Å². The molecule has 172 valence electrons. The summed E-state index contributed by atoms with van der Waals surface area (Å²) in [6, 6.07) is 12.0. The number of likely N-dealkylation sites (tertiary alicyclic amines) is 1. The molecule has 1 saturated heterocycles. The first-order valence-corrected chi connectivity index (χ1v) is 10.7. The number of rotatable bonds is 6. The minimum atomic E-state index is -1.77. The van der Waals surface area contributed by atoms with E-state index in [1.165, 1.54) is 24.0 Å². The van der Waals surface area contributed by atoms with E-state index < -0.39 is 28.9 Å². The van der Waals surface area contributed by atoms with Crippen LogP contribution in [-0.2, 0) is 24.7 Å². The molecule has 1 fully saturated rings. The van der Waals surface area contributed by atoms with Crippen LogP contribution < -0.4 is 9.64 Å². The summed E-state index contributed by atoms with van der Waals surface area (Å²) in [6.45, 7) is 4.10. The number of fused-ring (bicyclic) bond motifs is 2. The molecule has 4 rings (SSSR count). The van der Waals surface area contributed by atoms with Gasteiger partial charge in [0.05, 0.1) is 25.0 Å². The number of carbonyl (C=O) groups is 3. The summed E-state index contributed by atoms with van der Waals surface area (Å²) in [7, 11) is 3.02. The van der Waals surface area contributed by atoms with Crippen LogP contribution in [0.2, 0.25) is 0 Å². The first-order valence-electron chi connectivity index (χ1n) is 10.7. The number of Topliss-reactive ketones (excluding diaryl/α,β-unsaturated/α-hetero) is 1. The predicted molar refractivity (Wildman–Crippen MR) is 122 cm³/mol. The van der Waals surface area contributed by atoms with Crippen LogP contribution in [-0.4, -0.2) is 61.5 Å². The fourth-order valence-electron chi connectivity index (χ4n) is 4.83. The first-order chi connectivity index (χ1) is 15.8. The molecule has 0 radical (unpaired) electrons. The zero-order valence-corrected chi connectivity index (χ0v) is 19.0. The van der Waals surface area contributed by atoms with Gasteiger partial charge in [0.15, 0.2) is 5.54 Å². The van der Waals surface area contributed by atoms with Crippen molar-refractivity contribution in [1.82, 2.24) is 4.90 Å². The molecule has 0 aliphatic carbocycles. The molecule has 2 amide bonds. The van der Waals surface area contributed by atoms with Gasteiger partial charge in [-0.3, -0.25) is 14.4 Å². The van der Waals surface area contributed by atoms with Gasteiger partial charge in [0.2, 0.25) is 0 Å². The van der Waals surface area contributed by atoms with Crippen molar-refractivity contribution in [3.05, 3.63) is 64.7 Å². The average molecular weight is 450 g/mol. The van der Waals surface area contributed by atoms with Crippen LogP contribution in [0.25, 0.3) is 5.76 Å². The standard InChI is InChI=1S/C25H26N2O6/c1-5-26-18-9-7-6-8-17(18)25(24(26)31)20(22(29)23(30)27(25)12-13-32-3)21(28)16-10-11-19(33-4)15(2)14-16/h6-11,14,28H,5,12-13H2,1-4H3/t25-/m0/s1. The Morgan fingerprint density at radius 2 is 1.82 bits per heavy atom. The fraction of sp³-hybridized carbons (Fsp3) is 0.320. The minimum absolute atomic E-state index is 0.0110. The molecule has 1 atom stereocenters. The van der Waals surface area contributed by atoms with E-state index in [1.54, 1.807) is 49.4 Å². The lowest BCUT2D eigenvalue weighted by molar-refractivity contribution is -0.144. The minimum Gasteiger partial charge on any atom is -0.507 e. The fourth-order valence-corrected chi connectivity index (χ4v) is 4.83. The summed E-state index contributed by atoms with van der Waals surface area (Å²) in [5.74, 6) is -1.99. The zero-order chi connectivity index (χ0) is 23.9. The Morgan fingerprint density at radius 3 is 2.45 bits per heavy atom. The molecule has 8 heteroatoms. The van der Waals surface area contributed by atoms with Gasteiger partial charge in [-0.1, -0.05) is 18.2 Å². The van der Waals surface area contributed by atoms with Crippen molar-refractivity contribution in [2.45, 2.75) is 19.4 Å². The van der Waals surface area contributed by atoms with Crippen LogP contribution in [0.3, 0.4) is 0 Å². The number of amides is 2. The van der Waals surface area contributed by atoms with Crippen molar-refractivity contribution in [2.24, 2.45) is 0 Å². The Balaban J connectivity index is 2.05. The highest BCUT2D eigenvalue weighted by molar-refractivity contribution is 6.50. The number of nitrogens with zero attached hydrogens (tertiary/aromatic N) is 2. The van der Waals surface area contributed by atoms with Gasteiger partial charge < -0.3 is 24.4 Å². The average Bonchev–Trinajstić information content (AvgIpc) is 3.20. The predicted octanol–water partition coefficient (Wildman–Crippen LogP) is 2.59. The molecule has 2 aromatic carbocycles. The van der Waals surface area contributed by atoms with Crippen LogP contribution in [0.1, 0.15) is 23.6 Å². The van der Waals surface area contributed by atoms with E-state index in [0.717, 1.165) is 5.56 Å². The normalized spacial score (nSPS) is 21.3. The summed E-state index contributed by atoms with van der Waals surface area (Å²) in [4.78, 5) is 43.3. The Hall–Kier alpha value is -3.65.